The third-order valence-corrected chi connectivity index (χ3v) is 6.61. The summed E-state index contributed by atoms with van der Waals surface area (Å²) in [5, 5.41) is 10.4. The molecule has 1 aromatic carbocycles. The quantitative estimate of drug-likeness (QED) is 0.771. The third-order valence-electron chi connectivity index (χ3n) is 6.61. The Labute approximate surface area is 171 Å². The van der Waals surface area contributed by atoms with Crippen LogP contribution in [0.1, 0.15) is 52.0 Å². The summed E-state index contributed by atoms with van der Waals surface area (Å²) < 4.78 is 6.06. The van der Waals surface area contributed by atoms with Crippen LogP contribution >= 0.6 is 0 Å². The van der Waals surface area contributed by atoms with E-state index in [4.69, 9.17) is 4.74 Å². The normalized spacial score (nSPS) is 26.3. The van der Waals surface area contributed by atoms with Gasteiger partial charge in [0.25, 0.3) is 0 Å². The van der Waals surface area contributed by atoms with Gasteiger partial charge in [-0.15, -0.1) is 0 Å². The first-order chi connectivity index (χ1) is 13.4. The van der Waals surface area contributed by atoms with E-state index < -0.39 is 0 Å². The van der Waals surface area contributed by atoms with Gasteiger partial charge in [0.1, 0.15) is 0 Å². The van der Waals surface area contributed by atoms with Crippen LogP contribution in [0.2, 0.25) is 0 Å². The van der Waals surface area contributed by atoms with Gasteiger partial charge in [0, 0.05) is 39.3 Å². The van der Waals surface area contributed by atoms with Crippen LogP contribution in [0.15, 0.2) is 30.3 Å². The fourth-order valence-electron chi connectivity index (χ4n) is 4.67. The number of hydrogen-bond donors (Lipinski definition) is 1. The molecule has 1 aromatic rings. The Balaban J connectivity index is 1.29. The molecule has 0 amide bonds. The number of aliphatic hydroxyl groups is 1. The Morgan fingerprint density at radius 1 is 0.964 bits per heavy atom. The van der Waals surface area contributed by atoms with Crippen molar-refractivity contribution in [3.05, 3.63) is 35.9 Å². The van der Waals surface area contributed by atoms with E-state index in [2.05, 4.69) is 60.9 Å². The Kier molecular flexibility index (Phi) is 7.93. The molecule has 1 aliphatic heterocycles. The maximum atomic E-state index is 10.4. The van der Waals surface area contributed by atoms with E-state index in [0.717, 1.165) is 58.0 Å². The van der Waals surface area contributed by atoms with Crippen LogP contribution in [-0.4, -0.2) is 66.4 Å². The molecule has 1 aliphatic carbocycles. The molecular formula is C24H40N2O2. The summed E-state index contributed by atoms with van der Waals surface area (Å²) in [6.07, 6.45) is 4.78. The minimum absolute atomic E-state index is 0.343. The molecule has 3 rings (SSSR count). The van der Waals surface area contributed by atoms with E-state index in [-0.39, 0.29) is 6.10 Å². The number of hydrogen-bond acceptors (Lipinski definition) is 4. The van der Waals surface area contributed by atoms with Crippen LogP contribution in [0.3, 0.4) is 0 Å². The van der Waals surface area contributed by atoms with E-state index in [1.54, 1.807) is 0 Å². The van der Waals surface area contributed by atoms with Gasteiger partial charge in [-0.1, -0.05) is 51.1 Å². The van der Waals surface area contributed by atoms with E-state index in [9.17, 15) is 5.11 Å². The lowest BCUT2D eigenvalue weighted by Gasteiger charge is -2.37. The first-order valence-electron chi connectivity index (χ1n) is 11.2. The summed E-state index contributed by atoms with van der Waals surface area (Å²) >= 11 is 0. The molecule has 4 nitrogen and oxygen atoms in total. The molecule has 0 aromatic heterocycles. The smallest absolute Gasteiger partial charge is 0.0900 e. The zero-order chi connectivity index (χ0) is 20.0. The predicted octanol–water partition coefficient (Wildman–Crippen LogP) is 3.79. The molecule has 1 N–H and O–H groups in total. The third kappa shape index (κ3) is 6.84. The summed E-state index contributed by atoms with van der Waals surface area (Å²) in [6, 6.07) is 10.7. The highest BCUT2D eigenvalue weighted by Crippen LogP contribution is 2.38. The predicted molar refractivity (Wildman–Crippen MR) is 115 cm³/mol. The fraction of sp³-hybridized carbons (Fsp3) is 0.750. The van der Waals surface area contributed by atoms with Crippen LogP contribution in [0, 0.1) is 11.3 Å². The van der Waals surface area contributed by atoms with Gasteiger partial charge in [0.2, 0.25) is 0 Å². The first-order valence-corrected chi connectivity index (χ1v) is 11.2. The zero-order valence-electron chi connectivity index (χ0n) is 18.1. The first kappa shape index (κ1) is 21.8. The molecule has 4 heteroatoms. The second-order valence-corrected chi connectivity index (χ2v) is 9.89. The van der Waals surface area contributed by atoms with Gasteiger partial charge in [0.15, 0.2) is 0 Å². The minimum Gasteiger partial charge on any atom is -0.389 e. The van der Waals surface area contributed by atoms with Crippen molar-refractivity contribution >= 4 is 0 Å². The summed E-state index contributed by atoms with van der Waals surface area (Å²) in [7, 11) is 0. The molecule has 158 valence electrons. The number of aliphatic hydroxyl groups excluding tert-OH is 1. The molecule has 1 saturated carbocycles. The van der Waals surface area contributed by atoms with Gasteiger partial charge in [-0.05, 0) is 42.6 Å². The van der Waals surface area contributed by atoms with Gasteiger partial charge in [-0.2, -0.15) is 0 Å². The lowest BCUT2D eigenvalue weighted by Crippen LogP contribution is -2.48. The Morgan fingerprint density at radius 2 is 1.57 bits per heavy atom. The number of rotatable bonds is 7. The van der Waals surface area contributed by atoms with Crippen molar-refractivity contribution in [3.8, 4) is 0 Å². The Hall–Kier alpha value is -0.940. The van der Waals surface area contributed by atoms with Crippen molar-refractivity contribution in [2.24, 2.45) is 11.3 Å². The molecule has 0 unspecified atom stereocenters. The number of nitrogens with zero attached hydrogens (tertiary/aromatic N) is 2. The van der Waals surface area contributed by atoms with Crippen LogP contribution in [0.4, 0.5) is 0 Å². The second kappa shape index (κ2) is 10.2. The standard InChI is InChI=1S/C24H40N2O2/c1-24(2,3)21-9-11-23(12-10-21)28-19-22(27)18-26-15-13-25(14-16-26)17-20-7-5-4-6-8-20/h4-8,21-23,27H,9-19H2,1-3H3/t21?,22-,23?/m1/s1. The molecule has 0 bridgehead atoms. The molecule has 1 saturated heterocycles. The van der Waals surface area contributed by atoms with Gasteiger partial charge in [-0.25, -0.2) is 0 Å². The lowest BCUT2D eigenvalue weighted by atomic mass is 9.72. The van der Waals surface area contributed by atoms with E-state index in [0.29, 0.717) is 18.1 Å². The summed E-state index contributed by atoms with van der Waals surface area (Å²) in [4.78, 5) is 4.88. The van der Waals surface area contributed by atoms with Crippen LogP contribution < -0.4 is 0 Å². The molecule has 1 atom stereocenters. The Bertz CT molecular complexity index is 556. The second-order valence-electron chi connectivity index (χ2n) is 9.89. The van der Waals surface area contributed by atoms with Gasteiger partial charge in [-0.3, -0.25) is 9.80 Å². The molecule has 1 heterocycles. The van der Waals surface area contributed by atoms with Crippen molar-refractivity contribution in [1.29, 1.82) is 0 Å². The zero-order valence-corrected chi connectivity index (χ0v) is 18.1. The van der Waals surface area contributed by atoms with Gasteiger partial charge in [0.05, 0.1) is 18.8 Å². The largest absolute Gasteiger partial charge is 0.389 e. The maximum absolute atomic E-state index is 10.4. The topological polar surface area (TPSA) is 35.9 Å². The van der Waals surface area contributed by atoms with Crippen molar-refractivity contribution in [1.82, 2.24) is 9.80 Å². The summed E-state index contributed by atoms with van der Waals surface area (Å²) in [5.41, 5.74) is 1.79. The van der Waals surface area contributed by atoms with Crippen LogP contribution in [-0.2, 0) is 11.3 Å². The lowest BCUT2D eigenvalue weighted by molar-refractivity contribution is -0.0473. The highest BCUT2D eigenvalue weighted by atomic mass is 16.5. The SMILES string of the molecule is CC(C)(C)C1CCC(OC[C@H](O)CN2CCN(Cc3ccccc3)CC2)CC1. The number of ether oxygens (including phenoxy) is 1. The van der Waals surface area contributed by atoms with Crippen LogP contribution in [0.25, 0.3) is 0 Å². The average molecular weight is 389 g/mol. The molecule has 28 heavy (non-hydrogen) atoms. The highest BCUT2D eigenvalue weighted by molar-refractivity contribution is 5.14. The molecular weight excluding hydrogens is 348 g/mol. The molecule has 0 spiro atoms. The van der Waals surface area contributed by atoms with E-state index >= 15 is 0 Å². The van der Waals surface area contributed by atoms with Crippen LogP contribution in [0.5, 0.6) is 0 Å². The number of β-amino-alcohol motifs (C(OH)–C–C–N with tert-alkyl or cyclic N) is 1. The Morgan fingerprint density at radius 3 is 2.18 bits per heavy atom. The summed E-state index contributed by atoms with van der Waals surface area (Å²) in [6.45, 7) is 13.5. The van der Waals surface area contributed by atoms with Crippen molar-refractivity contribution < 1.29 is 9.84 Å². The monoisotopic (exact) mass is 388 g/mol. The van der Waals surface area contributed by atoms with E-state index in [1.807, 2.05) is 0 Å². The fourth-order valence-corrected chi connectivity index (χ4v) is 4.67. The van der Waals surface area contributed by atoms with Crippen molar-refractivity contribution in [2.45, 2.75) is 65.2 Å². The average Bonchev–Trinajstić information content (AvgIpc) is 2.68. The minimum atomic E-state index is -0.374. The summed E-state index contributed by atoms with van der Waals surface area (Å²) in [5.74, 6) is 0.810. The van der Waals surface area contributed by atoms with Gasteiger partial charge < -0.3 is 9.84 Å². The maximum Gasteiger partial charge on any atom is 0.0900 e. The molecule has 2 aliphatic rings. The van der Waals surface area contributed by atoms with Crippen molar-refractivity contribution in [2.75, 3.05) is 39.3 Å². The number of benzene rings is 1. The highest BCUT2D eigenvalue weighted by Gasteiger charge is 2.30. The number of piperazine rings is 1. The van der Waals surface area contributed by atoms with Crippen molar-refractivity contribution in [3.63, 3.8) is 0 Å². The van der Waals surface area contributed by atoms with Gasteiger partial charge >= 0.3 is 0 Å². The van der Waals surface area contributed by atoms with E-state index in [1.165, 1.54) is 18.4 Å². The molecule has 0 radical (unpaired) electrons. The molecule has 2 fully saturated rings.